The molecule has 0 aliphatic carbocycles. The van der Waals surface area contributed by atoms with Crippen LogP contribution in [0.25, 0.3) is 0 Å². The first kappa shape index (κ1) is 12.5. The number of aromatic nitrogens is 1. The summed E-state index contributed by atoms with van der Waals surface area (Å²) in [7, 11) is 2.01. The second-order valence-corrected chi connectivity index (χ2v) is 4.33. The van der Waals surface area contributed by atoms with E-state index < -0.39 is 5.97 Å². The number of amides is 1. The SMILES string of the molecule is CN1CCN(C(=O)c2ccnc(C(=O)O)c2)CC1. The summed E-state index contributed by atoms with van der Waals surface area (Å²) >= 11 is 0. The Bertz CT molecular complexity index is 467. The molecule has 2 rings (SSSR count). The number of likely N-dealkylation sites (N-methyl/N-ethyl adjacent to an activating group) is 1. The molecule has 0 bridgehead atoms. The Hall–Kier alpha value is -1.95. The second kappa shape index (κ2) is 5.14. The Labute approximate surface area is 105 Å². The van der Waals surface area contributed by atoms with E-state index in [0.29, 0.717) is 18.7 Å². The summed E-state index contributed by atoms with van der Waals surface area (Å²) in [5, 5.41) is 8.84. The number of nitrogens with zero attached hydrogens (tertiary/aromatic N) is 3. The Kier molecular flexibility index (Phi) is 3.57. The van der Waals surface area contributed by atoms with Crippen LogP contribution < -0.4 is 0 Å². The highest BCUT2D eigenvalue weighted by molar-refractivity contribution is 5.96. The van der Waals surface area contributed by atoms with Gasteiger partial charge in [0.1, 0.15) is 5.69 Å². The van der Waals surface area contributed by atoms with Gasteiger partial charge in [0.2, 0.25) is 0 Å². The van der Waals surface area contributed by atoms with E-state index in [4.69, 9.17) is 5.11 Å². The maximum Gasteiger partial charge on any atom is 0.354 e. The average molecular weight is 249 g/mol. The third-order valence-corrected chi connectivity index (χ3v) is 3.02. The fraction of sp³-hybridized carbons (Fsp3) is 0.417. The summed E-state index contributed by atoms with van der Waals surface area (Å²) in [6.45, 7) is 3.01. The largest absolute Gasteiger partial charge is 0.477 e. The summed E-state index contributed by atoms with van der Waals surface area (Å²) in [5.41, 5.74) is 0.280. The van der Waals surface area contributed by atoms with Crippen LogP contribution in [0.2, 0.25) is 0 Å². The van der Waals surface area contributed by atoms with E-state index in [9.17, 15) is 9.59 Å². The molecule has 1 fully saturated rings. The van der Waals surface area contributed by atoms with Crippen molar-refractivity contribution in [3.8, 4) is 0 Å². The molecule has 1 aromatic heterocycles. The number of carbonyl (C=O) groups is 2. The summed E-state index contributed by atoms with van der Waals surface area (Å²) < 4.78 is 0. The minimum atomic E-state index is -1.12. The summed E-state index contributed by atoms with van der Waals surface area (Å²) in [5.74, 6) is -1.25. The van der Waals surface area contributed by atoms with Gasteiger partial charge in [-0.25, -0.2) is 9.78 Å². The fourth-order valence-electron chi connectivity index (χ4n) is 1.87. The van der Waals surface area contributed by atoms with Crippen LogP contribution >= 0.6 is 0 Å². The predicted molar refractivity (Wildman–Crippen MR) is 64.6 cm³/mol. The number of aromatic carboxylic acids is 1. The first-order chi connectivity index (χ1) is 8.58. The van der Waals surface area contributed by atoms with Gasteiger partial charge in [0, 0.05) is 37.9 Å². The van der Waals surface area contributed by atoms with Gasteiger partial charge in [0.25, 0.3) is 5.91 Å². The number of rotatable bonds is 2. The molecule has 0 spiro atoms. The van der Waals surface area contributed by atoms with Gasteiger partial charge in [-0.15, -0.1) is 0 Å². The molecule has 6 heteroatoms. The zero-order valence-electron chi connectivity index (χ0n) is 10.2. The zero-order valence-corrected chi connectivity index (χ0v) is 10.2. The Morgan fingerprint density at radius 1 is 1.28 bits per heavy atom. The fourth-order valence-corrected chi connectivity index (χ4v) is 1.87. The van der Waals surface area contributed by atoms with Crippen LogP contribution in [0.1, 0.15) is 20.8 Å². The lowest BCUT2D eigenvalue weighted by Gasteiger charge is -2.32. The molecule has 0 atom stereocenters. The molecule has 2 heterocycles. The van der Waals surface area contributed by atoms with E-state index in [1.165, 1.54) is 12.3 Å². The number of piperazine rings is 1. The lowest BCUT2D eigenvalue weighted by Crippen LogP contribution is -2.47. The van der Waals surface area contributed by atoms with Gasteiger partial charge in [-0.1, -0.05) is 0 Å². The van der Waals surface area contributed by atoms with Crippen LogP contribution in [0.15, 0.2) is 18.3 Å². The normalized spacial score (nSPS) is 16.6. The van der Waals surface area contributed by atoms with Crippen molar-refractivity contribution < 1.29 is 14.7 Å². The predicted octanol–water partition coefficient (Wildman–Crippen LogP) is 0.167. The highest BCUT2D eigenvalue weighted by Crippen LogP contribution is 2.09. The Balaban J connectivity index is 2.13. The first-order valence-corrected chi connectivity index (χ1v) is 5.75. The number of hydrogen-bond donors (Lipinski definition) is 1. The molecule has 1 amide bonds. The molecule has 96 valence electrons. The molecule has 1 saturated heterocycles. The van der Waals surface area contributed by atoms with E-state index >= 15 is 0 Å². The zero-order chi connectivity index (χ0) is 13.1. The number of carboxylic acids is 1. The molecule has 18 heavy (non-hydrogen) atoms. The van der Waals surface area contributed by atoms with Crippen molar-refractivity contribution in [1.29, 1.82) is 0 Å². The van der Waals surface area contributed by atoms with Gasteiger partial charge < -0.3 is 14.9 Å². The number of hydrogen-bond acceptors (Lipinski definition) is 4. The van der Waals surface area contributed by atoms with Gasteiger partial charge in [-0.2, -0.15) is 0 Å². The van der Waals surface area contributed by atoms with Crippen molar-refractivity contribution in [3.63, 3.8) is 0 Å². The van der Waals surface area contributed by atoms with Crippen LogP contribution in [-0.2, 0) is 0 Å². The van der Waals surface area contributed by atoms with Crippen molar-refractivity contribution in [1.82, 2.24) is 14.8 Å². The highest BCUT2D eigenvalue weighted by Gasteiger charge is 2.21. The molecule has 0 unspecified atom stereocenters. The van der Waals surface area contributed by atoms with E-state index in [1.54, 1.807) is 11.0 Å². The third-order valence-electron chi connectivity index (χ3n) is 3.02. The highest BCUT2D eigenvalue weighted by atomic mass is 16.4. The molecule has 1 aliphatic rings. The molecule has 6 nitrogen and oxygen atoms in total. The van der Waals surface area contributed by atoms with Gasteiger partial charge in [-0.3, -0.25) is 4.79 Å². The summed E-state index contributed by atoms with van der Waals surface area (Å²) in [6, 6.07) is 2.87. The van der Waals surface area contributed by atoms with E-state index in [-0.39, 0.29) is 11.6 Å². The van der Waals surface area contributed by atoms with Gasteiger partial charge >= 0.3 is 5.97 Å². The topological polar surface area (TPSA) is 73.7 Å². The van der Waals surface area contributed by atoms with E-state index in [0.717, 1.165) is 13.1 Å². The number of carboxylic acid groups (broad SMARTS) is 1. The minimum absolute atomic E-state index is 0.102. The third kappa shape index (κ3) is 2.65. The minimum Gasteiger partial charge on any atom is -0.477 e. The molecule has 1 N–H and O–H groups in total. The molecule has 0 saturated carbocycles. The molecule has 0 aromatic carbocycles. The van der Waals surface area contributed by atoms with Crippen LogP contribution in [0, 0.1) is 0 Å². The van der Waals surface area contributed by atoms with Crippen molar-refractivity contribution in [2.45, 2.75) is 0 Å². The number of carbonyl (C=O) groups excluding carboxylic acids is 1. The van der Waals surface area contributed by atoms with Crippen molar-refractivity contribution >= 4 is 11.9 Å². The molecular weight excluding hydrogens is 234 g/mol. The molecular formula is C12H15N3O3. The average Bonchev–Trinajstić information content (AvgIpc) is 2.39. The lowest BCUT2D eigenvalue weighted by atomic mass is 10.2. The maximum absolute atomic E-state index is 12.2. The molecule has 0 radical (unpaired) electrons. The first-order valence-electron chi connectivity index (χ1n) is 5.75. The van der Waals surface area contributed by atoms with Crippen molar-refractivity contribution in [2.24, 2.45) is 0 Å². The van der Waals surface area contributed by atoms with Crippen molar-refractivity contribution in [2.75, 3.05) is 33.2 Å². The van der Waals surface area contributed by atoms with Gasteiger partial charge in [0.05, 0.1) is 0 Å². The molecule has 1 aliphatic heterocycles. The standard InChI is InChI=1S/C12H15N3O3/c1-14-4-6-15(7-5-14)11(16)9-2-3-13-10(8-9)12(17)18/h2-3,8H,4-7H2,1H3,(H,17,18). The van der Waals surface area contributed by atoms with Crippen LogP contribution in [0.5, 0.6) is 0 Å². The van der Waals surface area contributed by atoms with E-state index in [2.05, 4.69) is 9.88 Å². The smallest absolute Gasteiger partial charge is 0.354 e. The quantitative estimate of drug-likeness (QED) is 0.808. The summed E-state index contributed by atoms with van der Waals surface area (Å²) in [4.78, 5) is 30.6. The van der Waals surface area contributed by atoms with Crippen LogP contribution in [0.3, 0.4) is 0 Å². The van der Waals surface area contributed by atoms with Gasteiger partial charge in [-0.05, 0) is 19.2 Å². The van der Waals surface area contributed by atoms with Crippen LogP contribution in [-0.4, -0.2) is 65.0 Å². The Morgan fingerprint density at radius 3 is 2.56 bits per heavy atom. The number of pyridine rings is 1. The van der Waals surface area contributed by atoms with Gasteiger partial charge in [0.15, 0.2) is 0 Å². The van der Waals surface area contributed by atoms with Crippen molar-refractivity contribution in [3.05, 3.63) is 29.6 Å². The van der Waals surface area contributed by atoms with Crippen LogP contribution in [0.4, 0.5) is 0 Å². The van der Waals surface area contributed by atoms with E-state index in [1.807, 2.05) is 7.05 Å². The maximum atomic E-state index is 12.2. The summed E-state index contributed by atoms with van der Waals surface area (Å²) in [6.07, 6.45) is 1.35. The monoisotopic (exact) mass is 249 g/mol. The Morgan fingerprint density at radius 2 is 1.94 bits per heavy atom. The molecule has 1 aromatic rings. The second-order valence-electron chi connectivity index (χ2n) is 4.33. The lowest BCUT2D eigenvalue weighted by molar-refractivity contribution is 0.0664.